The zero-order valence-corrected chi connectivity index (χ0v) is 16.0. The molecule has 1 fully saturated rings. The standard InChI is InChI=1S/C20H27ClN2O4/c21-16-9-15(17(25)10-14(16)12-3-1-2-4-12)19(22)13-5-7-23(8-6-13)20(27)18(26)11-24/h3,9-10,13,18-19,24-26H,1-2,4-8,11,22H2. The first kappa shape index (κ1) is 20.1. The quantitative estimate of drug-likeness (QED) is 0.612. The average Bonchev–Trinajstić information content (AvgIpc) is 3.22. The van der Waals surface area contributed by atoms with Crippen molar-refractivity contribution in [3.05, 3.63) is 34.4 Å². The number of amides is 1. The van der Waals surface area contributed by atoms with E-state index in [4.69, 9.17) is 22.4 Å². The molecule has 6 nitrogen and oxygen atoms in total. The van der Waals surface area contributed by atoms with E-state index in [1.165, 1.54) is 5.57 Å². The number of allylic oxidation sites excluding steroid dienone is 2. The molecule has 1 aliphatic carbocycles. The van der Waals surface area contributed by atoms with Crippen molar-refractivity contribution in [2.24, 2.45) is 11.7 Å². The predicted molar refractivity (Wildman–Crippen MR) is 104 cm³/mol. The van der Waals surface area contributed by atoms with Crippen LogP contribution in [-0.2, 0) is 4.79 Å². The lowest BCUT2D eigenvalue weighted by molar-refractivity contribution is -0.143. The maximum absolute atomic E-state index is 12.0. The first-order chi connectivity index (χ1) is 12.9. The number of rotatable bonds is 5. The summed E-state index contributed by atoms with van der Waals surface area (Å²) in [5.74, 6) is -0.202. The number of phenols is 1. The third kappa shape index (κ3) is 4.29. The number of benzene rings is 1. The van der Waals surface area contributed by atoms with Crippen LogP contribution >= 0.6 is 11.6 Å². The van der Waals surface area contributed by atoms with Gasteiger partial charge in [0.2, 0.25) is 0 Å². The molecule has 1 aromatic carbocycles. The van der Waals surface area contributed by atoms with Crippen molar-refractivity contribution in [1.29, 1.82) is 0 Å². The maximum Gasteiger partial charge on any atom is 0.253 e. The number of aromatic hydroxyl groups is 1. The monoisotopic (exact) mass is 394 g/mol. The predicted octanol–water partition coefficient (Wildman–Crippen LogP) is 2.20. The minimum absolute atomic E-state index is 0.0961. The zero-order valence-electron chi connectivity index (χ0n) is 15.3. The normalized spacial score (nSPS) is 20.4. The highest BCUT2D eigenvalue weighted by Gasteiger charge is 2.31. The lowest BCUT2D eigenvalue weighted by atomic mass is 9.85. The summed E-state index contributed by atoms with van der Waals surface area (Å²) in [5.41, 5.74) is 9.10. The molecule has 5 N–H and O–H groups in total. The van der Waals surface area contributed by atoms with Gasteiger partial charge >= 0.3 is 0 Å². The number of carbonyl (C=O) groups is 1. The summed E-state index contributed by atoms with van der Waals surface area (Å²) in [6.07, 6.45) is 5.23. The van der Waals surface area contributed by atoms with Gasteiger partial charge in [0.05, 0.1) is 6.61 Å². The Kier molecular flexibility index (Phi) is 6.42. The lowest BCUT2D eigenvalue weighted by Crippen LogP contribution is -2.46. The minimum atomic E-state index is -1.37. The fourth-order valence-electron chi connectivity index (χ4n) is 4.03. The molecule has 0 spiro atoms. The van der Waals surface area contributed by atoms with Crippen LogP contribution in [0.2, 0.25) is 5.02 Å². The molecule has 1 aromatic rings. The molecule has 2 atom stereocenters. The second kappa shape index (κ2) is 8.61. The number of aliphatic hydroxyl groups excluding tert-OH is 2. The number of aliphatic hydroxyl groups is 2. The second-order valence-electron chi connectivity index (χ2n) is 7.40. The molecule has 7 heteroatoms. The maximum atomic E-state index is 12.0. The van der Waals surface area contributed by atoms with Crippen molar-refractivity contribution in [1.82, 2.24) is 4.90 Å². The van der Waals surface area contributed by atoms with Crippen molar-refractivity contribution < 1.29 is 20.1 Å². The topological polar surface area (TPSA) is 107 Å². The van der Waals surface area contributed by atoms with Gasteiger partial charge in [0.25, 0.3) is 5.91 Å². The Morgan fingerprint density at radius 3 is 2.63 bits per heavy atom. The summed E-state index contributed by atoms with van der Waals surface area (Å²) >= 11 is 6.47. The largest absolute Gasteiger partial charge is 0.508 e. The highest BCUT2D eigenvalue weighted by molar-refractivity contribution is 6.32. The molecule has 0 saturated carbocycles. The molecule has 1 aliphatic heterocycles. The van der Waals surface area contributed by atoms with Gasteiger partial charge in [-0.2, -0.15) is 0 Å². The van der Waals surface area contributed by atoms with Gasteiger partial charge in [0.15, 0.2) is 6.10 Å². The van der Waals surface area contributed by atoms with Crippen LogP contribution in [0.3, 0.4) is 0 Å². The van der Waals surface area contributed by atoms with E-state index in [1.807, 2.05) is 0 Å². The van der Waals surface area contributed by atoms with Gasteiger partial charge in [-0.05, 0) is 61.3 Å². The molecule has 2 aliphatic rings. The summed E-state index contributed by atoms with van der Waals surface area (Å²) in [7, 11) is 0. The molecule has 27 heavy (non-hydrogen) atoms. The van der Waals surface area contributed by atoms with Crippen molar-refractivity contribution in [2.45, 2.75) is 44.2 Å². The van der Waals surface area contributed by atoms with Crippen LogP contribution in [0.15, 0.2) is 18.2 Å². The number of carbonyl (C=O) groups excluding carboxylic acids is 1. The number of hydrogen-bond donors (Lipinski definition) is 4. The van der Waals surface area contributed by atoms with Gasteiger partial charge in [0, 0.05) is 29.7 Å². The van der Waals surface area contributed by atoms with Crippen LogP contribution in [-0.4, -0.2) is 51.9 Å². The summed E-state index contributed by atoms with van der Waals surface area (Å²) < 4.78 is 0. The Labute approximate surface area is 164 Å². The van der Waals surface area contributed by atoms with Crippen molar-refractivity contribution in [3.63, 3.8) is 0 Å². The van der Waals surface area contributed by atoms with E-state index in [0.29, 0.717) is 36.5 Å². The molecular formula is C20H27ClN2O4. The molecule has 0 bridgehead atoms. The number of hydrogen-bond acceptors (Lipinski definition) is 5. The molecule has 1 amide bonds. The fraction of sp³-hybridized carbons (Fsp3) is 0.550. The van der Waals surface area contributed by atoms with E-state index in [-0.39, 0.29) is 17.7 Å². The Hall–Kier alpha value is -1.60. The van der Waals surface area contributed by atoms with Crippen LogP contribution in [0, 0.1) is 5.92 Å². The van der Waals surface area contributed by atoms with Gasteiger partial charge < -0.3 is 26.0 Å². The van der Waals surface area contributed by atoms with Crippen LogP contribution in [0.25, 0.3) is 5.57 Å². The summed E-state index contributed by atoms with van der Waals surface area (Å²) in [5, 5.41) is 29.5. The smallest absolute Gasteiger partial charge is 0.253 e. The Bertz CT molecular complexity index is 729. The Morgan fingerprint density at radius 1 is 1.33 bits per heavy atom. The number of likely N-dealkylation sites (tertiary alicyclic amines) is 1. The van der Waals surface area contributed by atoms with Crippen LogP contribution in [0.4, 0.5) is 0 Å². The van der Waals surface area contributed by atoms with Crippen molar-refractivity contribution in [2.75, 3.05) is 19.7 Å². The van der Waals surface area contributed by atoms with E-state index < -0.39 is 18.6 Å². The molecule has 148 valence electrons. The highest BCUT2D eigenvalue weighted by atomic mass is 35.5. The van der Waals surface area contributed by atoms with E-state index in [1.54, 1.807) is 17.0 Å². The Balaban J connectivity index is 1.69. The number of nitrogens with zero attached hydrogens (tertiary/aromatic N) is 1. The van der Waals surface area contributed by atoms with E-state index in [2.05, 4.69) is 6.08 Å². The summed E-state index contributed by atoms with van der Waals surface area (Å²) in [4.78, 5) is 13.5. The first-order valence-electron chi connectivity index (χ1n) is 9.47. The third-order valence-electron chi connectivity index (χ3n) is 5.68. The molecule has 0 radical (unpaired) electrons. The van der Waals surface area contributed by atoms with Crippen LogP contribution < -0.4 is 5.73 Å². The molecule has 0 aromatic heterocycles. The van der Waals surface area contributed by atoms with Gasteiger partial charge in [-0.1, -0.05) is 17.7 Å². The van der Waals surface area contributed by atoms with Crippen LogP contribution in [0.1, 0.15) is 49.3 Å². The van der Waals surface area contributed by atoms with E-state index >= 15 is 0 Å². The van der Waals surface area contributed by atoms with E-state index in [9.17, 15) is 15.0 Å². The van der Waals surface area contributed by atoms with Crippen LogP contribution in [0.5, 0.6) is 5.75 Å². The minimum Gasteiger partial charge on any atom is -0.508 e. The number of piperidine rings is 1. The molecule has 3 rings (SSSR count). The van der Waals surface area contributed by atoms with Gasteiger partial charge in [-0.25, -0.2) is 0 Å². The summed E-state index contributed by atoms with van der Waals surface area (Å²) in [6, 6.07) is 3.10. The third-order valence-corrected chi connectivity index (χ3v) is 5.99. The van der Waals surface area contributed by atoms with Gasteiger partial charge in [-0.3, -0.25) is 4.79 Å². The molecule has 2 unspecified atom stereocenters. The number of nitrogens with two attached hydrogens (primary N) is 1. The molecule has 1 heterocycles. The lowest BCUT2D eigenvalue weighted by Gasteiger charge is -2.35. The highest BCUT2D eigenvalue weighted by Crippen LogP contribution is 2.40. The SMILES string of the molecule is NC(c1cc(Cl)c(C2=CCCC2)cc1O)C1CCN(C(=O)C(O)CO)CC1. The average molecular weight is 395 g/mol. The first-order valence-corrected chi connectivity index (χ1v) is 9.85. The molecule has 1 saturated heterocycles. The number of halogens is 1. The van der Waals surface area contributed by atoms with E-state index in [0.717, 1.165) is 24.8 Å². The van der Waals surface area contributed by atoms with Crippen molar-refractivity contribution in [3.8, 4) is 5.75 Å². The number of phenolic OH excluding ortho intramolecular Hbond substituents is 1. The van der Waals surface area contributed by atoms with Gasteiger partial charge in [-0.15, -0.1) is 0 Å². The summed E-state index contributed by atoms with van der Waals surface area (Å²) in [6.45, 7) is 0.356. The zero-order chi connectivity index (χ0) is 19.6. The van der Waals surface area contributed by atoms with Crippen molar-refractivity contribution >= 4 is 23.1 Å². The fourth-order valence-corrected chi connectivity index (χ4v) is 4.32. The Morgan fingerprint density at radius 2 is 2.04 bits per heavy atom. The van der Waals surface area contributed by atoms with Gasteiger partial charge in [0.1, 0.15) is 5.75 Å². The second-order valence-corrected chi connectivity index (χ2v) is 7.81. The molecular weight excluding hydrogens is 368 g/mol.